The maximum atomic E-state index is 13.4. The van der Waals surface area contributed by atoms with Crippen LogP contribution in [0.15, 0.2) is 41.3 Å². The van der Waals surface area contributed by atoms with Crippen LogP contribution in [0.4, 0.5) is 4.79 Å². The lowest BCUT2D eigenvalue weighted by atomic mass is 9.93. The Hall–Kier alpha value is -4.06. The number of carboxylic acid groups (broad SMARTS) is 1. The van der Waals surface area contributed by atoms with Crippen molar-refractivity contribution in [3.8, 4) is 5.75 Å². The number of allylic oxidation sites excluding steroid dienone is 2. The number of ether oxygens (including phenoxy) is 2. The first-order valence-corrected chi connectivity index (χ1v) is 16.8. The van der Waals surface area contributed by atoms with Gasteiger partial charge in [0.1, 0.15) is 23.4 Å². The fourth-order valence-electron chi connectivity index (χ4n) is 5.94. The molecule has 3 amide bonds. The number of nitrogens with zero attached hydrogens (tertiary/aromatic N) is 1. The van der Waals surface area contributed by atoms with E-state index >= 15 is 0 Å². The van der Waals surface area contributed by atoms with Gasteiger partial charge in [-0.25, -0.2) is 4.79 Å². The first-order valence-electron chi connectivity index (χ1n) is 16.4. The third kappa shape index (κ3) is 10.7. The lowest BCUT2D eigenvalue weighted by molar-refractivity contribution is -0.140. The van der Waals surface area contributed by atoms with E-state index in [1.165, 1.54) is 4.90 Å². The van der Waals surface area contributed by atoms with Crippen molar-refractivity contribution in [2.24, 2.45) is 29.4 Å². The summed E-state index contributed by atoms with van der Waals surface area (Å²) in [6, 6.07) is 3.63. The number of carboxylic acids is 1. The number of amides is 3. The fraction of sp³-hybridized carbons (Fsp3) is 0.571. The van der Waals surface area contributed by atoms with Gasteiger partial charge in [-0.15, -0.1) is 0 Å². The van der Waals surface area contributed by atoms with Gasteiger partial charge in [-0.3, -0.25) is 19.2 Å². The number of nitrogens with two attached hydrogens (primary N) is 1. The smallest absolute Gasteiger partial charge is 0.408 e. The number of aliphatic carboxylic acids is 1. The highest BCUT2D eigenvalue weighted by molar-refractivity contribution is 6.31. The molecule has 2 heterocycles. The molecule has 1 aliphatic heterocycles. The Labute approximate surface area is 286 Å². The van der Waals surface area contributed by atoms with E-state index in [1.54, 1.807) is 52.3 Å². The van der Waals surface area contributed by atoms with Gasteiger partial charge >= 0.3 is 12.1 Å². The van der Waals surface area contributed by atoms with Crippen LogP contribution in [-0.2, 0) is 19.1 Å². The van der Waals surface area contributed by atoms with Crippen LogP contribution < -0.4 is 21.3 Å². The average molecular weight is 689 g/mol. The lowest BCUT2D eigenvalue weighted by Gasteiger charge is -2.32. The van der Waals surface area contributed by atoms with Crippen molar-refractivity contribution < 1.29 is 33.8 Å². The normalized spacial score (nSPS) is 21.6. The monoisotopic (exact) mass is 688 g/mol. The van der Waals surface area contributed by atoms with E-state index in [1.807, 2.05) is 26.0 Å². The zero-order valence-corrected chi connectivity index (χ0v) is 29.3. The number of aromatic amines is 1. The number of methoxy groups -OCH3 is 1. The number of carbonyl (C=O) groups is 4. The van der Waals surface area contributed by atoms with Crippen LogP contribution in [0.25, 0.3) is 10.8 Å². The Morgan fingerprint density at radius 2 is 1.92 bits per heavy atom. The number of primary amides is 1. The van der Waals surface area contributed by atoms with Crippen molar-refractivity contribution >= 4 is 46.3 Å². The van der Waals surface area contributed by atoms with Gasteiger partial charge in [0, 0.05) is 23.2 Å². The highest BCUT2D eigenvalue weighted by Gasteiger charge is 2.43. The highest BCUT2D eigenvalue weighted by atomic mass is 35.5. The second-order valence-corrected chi connectivity index (χ2v) is 14.1. The van der Waals surface area contributed by atoms with Gasteiger partial charge in [-0.2, -0.15) is 0 Å². The van der Waals surface area contributed by atoms with E-state index in [9.17, 15) is 24.0 Å². The molecular weight excluding hydrogens is 640 g/mol. The fourth-order valence-corrected chi connectivity index (χ4v) is 6.11. The molecule has 5 unspecified atom stereocenters. The number of nitrogens with one attached hydrogen (secondary N) is 2. The summed E-state index contributed by atoms with van der Waals surface area (Å²) in [5.41, 5.74) is 4.71. The summed E-state index contributed by atoms with van der Waals surface area (Å²) in [6.07, 6.45) is 9.55. The molecule has 5 N–H and O–H groups in total. The van der Waals surface area contributed by atoms with Crippen molar-refractivity contribution in [1.29, 1.82) is 0 Å². The van der Waals surface area contributed by atoms with Crippen LogP contribution in [0.3, 0.4) is 0 Å². The summed E-state index contributed by atoms with van der Waals surface area (Å²) in [7, 11) is 1.56. The third-order valence-corrected chi connectivity index (χ3v) is 8.88. The zero-order valence-electron chi connectivity index (χ0n) is 28.6. The molecule has 1 aromatic heterocycles. The minimum Gasteiger partial charge on any atom is -0.495 e. The van der Waals surface area contributed by atoms with Crippen LogP contribution in [0.5, 0.6) is 5.75 Å². The summed E-state index contributed by atoms with van der Waals surface area (Å²) >= 11 is 5.79. The number of alkyl carbamates (subject to hydrolysis) is 1. The average Bonchev–Trinajstić information content (AvgIpc) is 3.68. The number of carbonyl (C=O) groups excluding carboxylic acids is 3. The summed E-state index contributed by atoms with van der Waals surface area (Å²) < 4.78 is 10.5. The number of unbranched alkanes of at least 4 members (excludes halogenated alkanes) is 2. The van der Waals surface area contributed by atoms with E-state index in [0.29, 0.717) is 42.0 Å². The topological polar surface area (TPSA) is 181 Å². The molecule has 1 saturated heterocycles. The molecule has 12 nitrogen and oxygen atoms in total. The number of fused-ring (bicyclic) bond motifs is 1. The van der Waals surface area contributed by atoms with Crippen molar-refractivity contribution in [3.63, 3.8) is 0 Å². The van der Waals surface area contributed by atoms with E-state index in [2.05, 4.69) is 10.3 Å². The number of rotatable bonds is 12. The summed E-state index contributed by atoms with van der Waals surface area (Å²) in [6.45, 7) is 9.51. The number of hydrogen-bond donors (Lipinski definition) is 4. The first-order chi connectivity index (χ1) is 22.5. The molecule has 13 heteroatoms. The number of pyridine rings is 1. The number of H-pyrrole nitrogens is 1. The number of aromatic nitrogens is 1. The zero-order chi connectivity index (χ0) is 35.8. The Morgan fingerprint density at radius 1 is 1.21 bits per heavy atom. The minimum atomic E-state index is -0.819. The number of likely N-dealkylation sites (tertiary alicyclic amines) is 1. The summed E-state index contributed by atoms with van der Waals surface area (Å²) in [5.74, 6) is -1.23. The van der Waals surface area contributed by atoms with Crippen LogP contribution in [0, 0.1) is 23.7 Å². The third-order valence-electron chi connectivity index (χ3n) is 8.65. The van der Waals surface area contributed by atoms with Crippen molar-refractivity contribution in [3.05, 3.63) is 51.9 Å². The molecule has 0 radical (unpaired) electrons. The van der Waals surface area contributed by atoms with E-state index < -0.39 is 35.7 Å². The molecule has 0 spiro atoms. The summed E-state index contributed by atoms with van der Waals surface area (Å²) in [4.78, 5) is 64.3. The molecule has 2 aliphatic rings. The molecule has 2 aromatic rings. The molecular formula is C35H49ClN4O8. The quantitative estimate of drug-likeness (QED) is 0.172. The largest absolute Gasteiger partial charge is 0.495 e. The Balaban J connectivity index is 0.000000368. The molecule has 2 fully saturated rings. The second kappa shape index (κ2) is 16.9. The first kappa shape index (κ1) is 38.4. The predicted octanol–water partition coefficient (Wildman–Crippen LogP) is 5.27. The molecule has 4 rings (SSSR count). The van der Waals surface area contributed by atoms with Crippen LogP contribution in [0.1, 0.15) is 73.1 Å². The maximum absolute atomic E-state index is 13.4. The molecule has 1 aliphatic carbocycles. The molecule has 1 aromatic carbocycles. The minimum absolute atomic E-state index is 0.0297. The van der Waals surface area contributed by atoms with Crippen molar-refractivity contribution in [1.82, 2.24) is 15.2 Å². The Kier molecular flexibility index (Phi) is 13.5. The van der Waals surface area contributed by atoms with Gasteiger partial charge in [-0.1, -0.05) is 44.0 Å². The Bertz CT molecular complexity index is 1550. The molecule has 1 saturated carbocycles. The van der Waals surface area contributed by atoms with E-state index in [4.69, 9.17) is 31.9 Å². The van der Waals surface area contributed by atoms with Crippen molar-refractivity contribution in [2.75, 3.05) is 13.7 Å². The molecule has 6 atom stereocenters. The molecule has 264 valence electrons. The van der Waals surface area contributed by atoms with E-state index in [-0.39, 0.29) is 35.1 Å². The standard InChI is InChI=1S/C25H41N3O6.C10H8ClNO2/c1-15(10-8-6-7-9-11-17-14-18(17)23(31)32)19(27-24(33)34-25(3,4)5)22(30)28-13-12-16(2)20(28)21(26)29;1-14-9-5-12-10(13)8-4-6(11)2-3-7(8)9/h9,11,15-20H,6-8,10,12-14H2,1-5H3,(H2,26,29)(H,27,33)(H,31,32);2-5H,1H3,(H,12,13)/b11-9-;/t15?,16?,17?,18?,19-,20?;/m0./s1. The molecule has 48 heavy (non-hydrogen) atoms. The second-order valence-electron chi connectivity index (χ2n) is 13.7. The van der Waals surface area contributed by atoms with Crippen LogP contribution in [0.2, 0.25) is 5.02 Å². The van der Waals surface area contributed by atoms with Gasteiger partial charge in [0.15, 0.2) is 0 Å². The number of halogens is 1. The predicted molar refractivity (Wildman–Crippen MR) is 184 cm³/mol. The molecule has 0 bridgehead atoms. The summed E-state index contributed by atoms with van der Waals surface area (Å²) in [5, 5.41) is 13.5. The van der Waals surface area contributed by atoms with Crippen LogP contribution in [-0.4, -0.2) is 70.2 Å². The van der Waals surface area contributed by atoms with Gasteiger partial charge in [0.2, 0.25) is 11.8 Å². The van der Waals surface area contributed by atoms with Gasteiger partial charge in [-0.05, 0) is 88.8 Å². The SMILES string of the molecule is CC1CCN(C(=O)[C@@H](NC(=O)OC(C)(C)C)C(C)CCCC/C=C\C2CC2C(=O)O)C1C(N)=O.COc1c[nH]c(=O)c2cc(Cl)ccc12. The highest BCUT2D eigenvalue weighted by Crippen LogP contribution is 2.39. The van der Waals surface area contributed by atoms with Gasteiger partial charge in [0.05, 0.1) is 18.4 Å². The van der Waals surface area contributed by atoms with Gasteiger partial charge < -0.3 is 35.5 Å². The number of benzene rings is 1. The lowest BCUT2D eigenvalue weighted by Crippen LogP contribution is -2.56. The van der Waals surface area contributed by atoms with Crippen molar-refractivity contribution in [2.45, 2.75) is 90.8 Å². The van der Waals surface area contributed by atoms with Gasteiger partial charge in [0.25, 0.3) is 5.56 Å². The maximum Gasteiger partial charge on any atom is 0.408 e. The Morgan fingerprint density at radius 3 is 2.52 bits per heavy atom. The number of hydrogen-bond acceptors (Lipinski definition) is 7. The van der Waals surface area contributed by atoms with Crippen LogP contribution >= 0.6 is 11.6 Å². The van der Waals surface area contributed by atoms with E-state index in [0.717, 1.165) is 24.6 Å².